The molecule has 0 aliphatic heterocycles. The molecule has 35 heavy (non-hydrogen) atoms. The first-order valence-corrected chi connectivity index (χ1v) is 11.8. The number of hydrogen-bond donors (Lipinski definition) is 1. The summed E-state index contributed by atoms with van der Waals surface area (Å²) in [5.74, 6) is -0.330. The molecule has 0 atom stereocenters. The first-order chi connectivity index (χ1) is 16.8. The lowest BCUT2D eigenvalue weighted by Gasteiger charge is -2.10. The van der Waals surface area contributed by atoms with Gasteiger partial charge in [-0.1, -0.05) is 35.4 Å². The number of halogens is 1. The number of nitrogens with zero attached hydrogens (tertiary/aromatic N) is 1. The number of benzene rings is 3. The Morgan fingerprint density at radius 2 is 1.71 bits per heavy atom. The molecule has 3 rings (SSSR count). The molecule has 6 nitrogen and oxygen atoms in total. The summed E-state index contributed by atoms with van der Waals surface area (Å²) in [6, 6.07) is 19.8. The monoisotopic (exact) mass is 532 g/mol. The van der Waals surface area contributed by atoms with Crippen LogP contribution >= 0.6 is 15.9 Å². The van der Waals surface area contributed by atoms with Crippen molar-refractivity contribution in [1.82, 2.24) is 0 Å². The van der Waals surface area contributed by atoms with Gasteiger partial charge in [0.05, 0.1) is 16.6 Å². The van der Waals surface area contributed by atoms with Gasteiger partial charge in [0.1, 0.15) is 24.0 Å². The molecule has 0 saturated heterocycles. The van der Waals surface area contributed by atoms with Crippen LogP contribution in [0, 0.1) is 25.2 Å². The van der Waals surface area contributed by atoms with Gasteiger partial charge in [-0.2, -0.15) is 5.26 Å². The van der Waals surface area contributed by atoms with Gasteiger partial charge < -0.3 is 14.8 Å². The summed E-state index contributed by atoms with van der Waals surface area (Å²) >= 11 is 3.51. The maximum atomic E-state index is 12.6. The van der Waals surface area contributed by atoms with Crippen molar-refractivity contribution in [3.63, 3.8) is 0 Å². The molecule has 0 aliphatic carbocycles. The zero-order chi connectivity index (χ0) is 25.4. The van der Waals surface area contributed by atoms with E-state index in [9.17, 15) is 14.9 Å². The normalized spacial score (nSPS) is 10.9. The summed E-state index contributed by atoms with van der Waals surface area (Å²) in [5.41, 5.74) is 4.89. The van der Waals surface area contributed by atoms with Crippen LogP contribution in [0.15, 0.2) is 70.7 Å². The number of carbonyl (C=O) groups excluding carboxylic acids is 2. The van der Waals surface area contributed by atoms with E-state index in [2.05, 4.69) is 53.3 Å². The summed E-state index contributed by atoms with van der Waals surface area (Å²) in [4.78, 5) is 24.4. The molecule has 0 radical (unpaired) electrons. The molecule has 3 aromatic carbocycles. The van der Waals surface area contributed by atoms with E-state index >= 15 is 0 Å². The van der Waals surface area contributed by atoms with Crippen LogP contribution in [0.4, 0.5) is 5.69 Å². The number of esters is 1. The second-order valence-corrected chi connectivity index (χ2v) is 8.75. The molecule has 0 fully saturated rings. The highest BCUT2D eigenvalue weighted by molar-refractivity contribution is 9.10. The number of nitrogens with one attached hydrogen (secondary N) is 1. The smallest absolute Gasteiger partial charge is 0.338 e. The molecule has 3 aromatic rings. The van der Waals surface area contributed by atoms with Gasteiger partial charge in [0.15, 0.2) is 0 Å². The SMILES string of the molecule is CCOC(=O)c1ccc(NC(=O)/C(C#N)=C/c2ccc(OCc3cc(C)cc(C)c3)c(Br)c2)cc1. The van der Waals surface area contributed by atoms with Crippen molar-refractivity contribution >= 4 is 39.6 Å². The molecule has 0 aromatic heterocycles. The van der Waals surface area contributed by atoms with Crippen LogP contribution in [0.25, 0.3) is 6.08 Å². The van der Waals surface area contributed by atoms with E-state index in [1.165, 1.54) is 17.2 Å². The van der Waals surface area contributed by atoms with Crippen molar-refractivity contribution in [2.75, 3.05) is 11.9 Å². The zero-order valence-corrected chi connectivity index (χ0v) is 21.3. The highest BCUT2D eigenvalue weighted by atomic mass is 79.9. The summed E-state index contributed by atoms with van der Waals surface area (Å²) in [6.07, 6.45) is 1.50. The van der Waals surface area contributed by atoms with E-state index in [1.807, 2.05) is 6.07 Å². The van der Waals surface area contributed by atoms with Gasteiger partial charge >= 0.3 is 5.97 Å². The topological polar surface area (TPSA) is 88.4 Å². The van der Waals surface area contributed by atoms with Crippen LogP contribution in [0.3, 0.4) is 0 Å². The number of amides is 1. The van der Waals surface area contributed by atoms with Crippen LogP contribution in [0.5, 0.6) is 5.75 Å². The fourth-order valence-electron chi connectivity index (χ4n) is 3.46. The number of carbonyl (C=O) groups is 2. The van der Waals surface area contributed by atoms with E-state index in [-0.39, 0.29) is 12.2 Å². The maximum Gasteiger partial charge on any atom is 0.338 e. The molecule has 7 heteroatoms. The molecular formula is C28H25BrN2O4. The molecule has 0 bridgehead atoms. The minimum Gasteiger partial charge on any atom is -0.488 e. The van der Waals surface area contributed by atoms with Crippen molar-refractivity contribution in [2.24, 2.45) is 0 Å². The third kappa shape index (κ3) is 7.29. The van der Waals surface area contributed by atoms with Gasteiger partial charge in [-0.05, 0) is 90.3 Å². The first-order valence-electron chi connectivity index (χ1n) is 11.0. The van der Waals surface area contributed by atoms with Crippen LogP contribution in [0.2, 0.25) is 0 Å². The lowest BCUT2D eigenvalue weighted by atomic mass is 10.1. The van der Waals surface area contributed by atoms with Gasteiger partial charge in [-0.3, -0.25) is 4.79 Å². The maximum absolute atomic E-state index is 12.6. The number of rotatable bonds is 8. The van der Waals surface area contributed by atoms with E-state index < -0.39 is 11.9 Å². The third-order valence-corrected chi connectivity index (χ3v) is 5.58. The fourth-order valence-corrected chi connectivity index (χ4v) is 3.97. The molecule has 0 aliphatic rings. The largest absolute Gasteiger partial charge is 0.488 e. The molecule has 178 valence electrons. The minimum absolute atomic E-state index is 0.0599. The van der Waals surface area contributed by atoms with Crippen molar-refractivity contribution in [3.8, 4) is 11.8 Å². The number of anilines is 1. The molecule has 0 heterocycles. The van der Waals surface area contributed by atoms with E-state index in [1.54, 1.807) is 49.4 Å². The lowest BCUT2D eigenvalue weighted by molar-refractivity contribution is -0.112. The van der Waals surface area contributed by atoms with Crippen molar-refractivity contribution < 1.29 is 19.1 Å². The Morgan fingerprint density at radius 3 is 2.31 bits per heavy atom. The standard InChI is InChI=1S/C28H25BrN2O4/c1-4-34-28(33)22-6-8-24(9-7-22)31-27(32)23(16-30)14-20-5-10-26(25(29)15-20)35-17-21-12-18(2)11-19(3)13-21/h5-15H,4,17H2,1-3H3,(H,31,32)/b23-14+. The van der Waals surface area contributed by atoms with Crippen LogP contribution < -0.4 is 10.1 Å². The van der Waals surface area contributed by atoms with Gasteiger partial charge in [0.2, 0.25) is 0 Å². The van der Waals surface area contributed by atoms with Crippen molar-refractivity contribution in [1.29, 1.82) is 5.26 Å². The first kappa shape index (κ1) is 25.7. The number of nitriles is 1. The Labute approximate surface area is 213 Å². The second kappa shape index (κ2) is 12.0. The fraction of sp³-hybridized carbons (Fsp3) is 0.179. The van der Waals surface area contributed by atoms with Gasteiger partial charge in [0, 0.05) is 5.69 Å². The second-order valence-electron chi connectivity index (χ2n) is 7.90. The molecule has 1 N–H and O–H groups in total. The van der Waals surface area contributed by atoms with E-state index in [4.69, 9.17) is 9.47 Å². The van der Waals surface area contributed by atoms with E-state index in [0.29, 0.717) is 33.6 Å². The number of ether oxygens (including phenoxy) is 2. The molecule has 0 saturated carbocycles. The predicted octanol–water partition coefficient (Wildman–Crippen LogP) is 6.37. The highest BCUT2D eigenvalue weighted by Crippen LogP contribution is 2.28. The van der Waals surface area contributed by atoms with Gasteiger partial charge in [-0.25, -0.2) is 4.79 Å². The predicted molar refractivity (Wildman–Crippen MR) is 139 cm³/mol. The van der Waals surface area contributed by atoms with Crippen LogP contribution in [0.1, 0.15) is 39.5 Å². The summed E-state index contributed by atoms with van der Waals surface area (Å²) < 4.78 is 11.6. The summed E-state index contributed by atoms with van der Waals surface area (Å²) in [6.45, 7) is 6.54. The Bertz CT molecular complexity index is 1290. The highest BCUT2D eigenvalue weighted by Gasteiger charge is 2.12. The van der Waals surface area contributed by atoms with Crippen LogP contribution in [-0.2, 0) is 16.1 Å². The zero-order valence-electron chi connectivity index (χ0n) is 19.7. The van der Waals surface area contributed by atoms with Gasteiger partial charge in [-0.15, -0.1) is 0 Å². The molecule has 0 unspecified atom stereocenters. The Balaban J connectivity index is 1.67. The van der Waals surface area contributed by atoms with Gasteiger partial charge in [0.25, 0.3) is 5.91 Å². The Morgan fingerprint density at radius 1 is 1.03 bits per heavy atom. The van der Waals surface area contributed by atoms with Crippen molar-refractivity contribution in [3.05, 3.63) is 98.5 Å². The molecule has 0 spiro atoms. The molecule has 1 amide bonds. The number of aryl methyl sites for hydroxylation is 2. The van der Waals surface area contributed by atoms with E-state index in [0.717, 1.165) is 5.56 Å². The average Bonchev–Trinajstić information content (AvgIpc) is 2.82. The quantitative estimate of drug-likeness (QED) is 0.207. The third-order valence-electron chi connectivity index (χ3n) is 4.96. The summed E-state index contributed by atoms with van der Waals surface area (Å²) in [5, 5.41) is 12.2. The average molecular weight is 533 g/mol. The summed E-state index contributed by atoms with van der Waals surface area (Å²) in [7, 11) is 0. The lowest BCUT2D eigenvalue weighted by Crippen LogP contribution is -2.13. The number of hydrogen-bond acceptors (Lipinski definition) is 5. The van der Waals surface area contributed by atoms with Crippen molar-refractivity contribution in [2.45, 2.75) is 27.4 Å². The van der Waals surface area contributed by atoms with Crippen LogP contribution in [-0.4, -0.2) is 18.5 Å². The molecular weight excluding hydrogens is 508 g/mol. The minimum atomic E-state index is -0.553. The Hall–Kier alpha value is -3.89. The Kier molecular flexibility index (Phi) is 8.82.